The van der Waals surface area contributed by atoms with Gasteiger partial charge in [-0.25, -0.2) is 0 Å². The summed E-state index contributed by atoms with van der Waals surface area (Å²) in [4.78, 5) is 0. The van der Waals surface area contributed by atoms with Gasteiger partial charge in [0, 0.05) is 19.7 Å². The summed E-state index contributed by atoms with van der Waals surface area (Å²) in [6.45, 7) is 1.04. The maximum atomic E-state index is 9.85. The molecule has 0 amide bonds. The molecule has 0 radical (unpaired) electrons. The molecule has 2 bridgehead atoms. The van der Waals surface area contributed by atoms with E-state index in [9.17, 15) is 5.11 Å². The van der Waals surface area contributed by atoms with Gasteiger partial charge in [0.2, 0.25) is 0 Å². The largest absolute Gasteiger partial charge is 0.389 e. The van der Waals surface area contributed by atoms with Gasteiger partial charge < -0.3 is 15.2 Å². The second-order valence-corrected chi connectivity index (χ2v) is 6.24. The predicted molar refractivity (Wildman–Crippen MR) is 79.9 cm³/mol. The van der Waals surface area contributed by atoms with Crippen LogP contribution in [0, 0.1) is 5.92 Å². The van der Waals surface area contributed by atoms with Crippen molar-refractivity contribution in [2.45, 2.75) is 43.7 Å². The lowest BCUT2D eigenvalue weighted by Gasteiger charge is -2.44. The molecule has 20 heavy (non-hydrogen) atoms. The summed E-state index contributed by atoms with van der Waals surface area (Å²) in [5.74, 6) is 1.34. The van der Waals surface area contributed by atoms with Crippen molar-refractivity contribution in [2.75, 3.05) is 20.3 Å². The van der Waals surface area contributed by atoms with Crippen LogP contribution in [0.15, 0.2) is 24.3 Å². The molecule has 0 spiro atoms. The van der Waals surface area contributed by atoms with E-state index in [1.165, 1.54) is 36.8 Å². The minimum absolute atomic E-state index is 0.405. The zero-order valence-corrected chi connectivity index (χ0v) is 12.2. The van der Waals surface area contributed by atoms with Crippen molar-refractivity contribution in [3.63, 3.8) is 0 Å². The first-order chi connectivity index (χ1) is 9.79. The molecule has 3 nitrogen and oxygen atoms in total. The number of fused-ring (bicyclic) bond motifs is 4. The van der Waals surface area contributed by atoms with Gasteiger partial charge in [0.15, 0.2) is 0 Å². The van der Waals surface area contributed by atoms with Gasteiger partial charge in [0.1, 0.15) is 0 Å². The van der Waals surface area contributed by atoms with E-state index in [1.807, 2.05) is 0 Å². The van der Waals surface area contributed by atoms with Crippen molar-refractivity contribution in [1.29, 1.82) is 0 Å². The summed E-state index contributed by atoms with van der Waals surface area (Å²) in [7, 11) is 1.63. The fourth-order valence-electron chi connectivity index (χ4n) is 4.06. The van der Waals surface area contributed by atoms with E-state index in [-0.39, 0.29) is 0 Å². The maximum Gasteiger partial charge on any atom is 0.0897 e. The summed E-state index contributed by atoms with van der Waals surface area (Å²) < 4.78 is 5.00. The highest BCUT2D eigenvalue weighted by Crippen LogP contribution is 2.43. The van der Waals surface area contributed by atoms with Crippen LogP contribution in [0.2, 0.25) is 0 Å². The molecule has 3 rings (SSSR count). The molecule has 0 unspecified atom stereocenters. The molecule has 110 valence electrons. The third-order valence-electron chi connectivity index (χ3n) is 4.92. The highest BCUT2D eigenvalue weighted by atomic mass is 16.5. The lowest BCUT2D eigenvalue weighted by molar-refractivity contribution is 0.0576. The van der Waals surface area contributed by atoms with E-state index >= 15 is 0 Å². The molecule has 2 aliphatic rings. The van der Waals surface area contributed by atoms with Gasteiger partial charge in [-0.15, -0.1) is 0 Å². The number of ether oxygens (including phenoxy) is 1. The number of methoxy groups -OCH3 is 1. The number of rotatable bonds is 5. The molecule has 1 fully saturated rings. The van der Waals surface area contributed by atoms with Crippen molar-refractivity contribution in [1.82, 2.24) is 5.32 Å². The highest BCUT2D eigenvalue weighted by Gasteiger charge is 2.38. The van der Waals surface area contributed by atoms with Crippen LogP contribution in [0.1, 0.15) is 36.3 Å². The number of aliphatic hydroxyl groups excluding tert-OH is 1. The number of aliphatic hydroxyl groups is 1. The minimum atomic E-state index is -0.405. The summed E-state index contributed by atoms with van der Waals surface area (Å²) in [6.07, 6.45) is 4.69. The molecule has 4 atom stereocenters. The monoisotopic (exact) mass is 275 g/mol. The zero-order valence-electron chi connectivity index (χ0n) is 12.2. The molecular weight excluding hydrogens is 250 g/mol. The van der Waals surface area contributed by atoms with Crippen LogP contribution in [-0.2, 0) is 11.2 Å². The van der Waals surface area contributed by atoms with E-state index in [1.54, 1.807) is 7.11 Å². The van der Waals surface area contributed by atoms with Crippen LogP contribution in [0.5, 0.6) is 0 Å². The molecule has 3 heteroatoms. The van der Waals surface area contributed by atoms with Crippen molar-refractivity contribution in [2.24, 2.45) is 5.92 Å². The van der Waals surface area contributed by atoms with Crippen LogP contribution in [0.3, 0.4) is 0 Å². The van der Waals surface area contributed by atoms with Gasteiger partial charge in [-0.1, -0.05) is 30.7 Å². The quantitative estimate of drug-likeness (QED) is 0.864. The molecule has 0 saturated heterocycles. The Morgan fingerprint density at radius 1 is 1.35 bits per heavy atom. The Labute approximate surface area is 121 Å². The Balaban J connectivity index is 1.72. The molecule has 2 N–H and O–H groups in total. The summed E-state index contributed by atoms with van der Waals surface area (Å²) in [5.41, 5.74) is 3.07. The number of hydrogen-bond acceptors (Lipinski definition) is 3. The maximum absolute atomic E-state index is 9.85. The van der Waals surface area contributed by atoms with E-state index in [0.29, 0.717) is 25.1 Å². The van der Waals surface area contributed by atoms with Gasteiger partial charge in [-0.2, -0.15) is 0 Å². The Bertz CT molecular complexity index is 448. The topological polar surface area (TPSA) is 41.5 Å². The van der Waals surface area contributed by atoms with E-state index in [0.717, 1.165) is 5.92 Å². The molecule has 1 aromatic rings. The van der Waals surface area contributed by atoms with Crippen LogP contribution in [0.25, 0.3) is 0 Å². The molecule has 1 aromatic carbocycles. The van der Waals surface area contributed by atoms with E-state index in [2.05, 4.69) is 29.6 Å². The summed E-state index contributed by atoms with van der Waals surface area (Å²) in [5, 5.41) is 13.5. The van der Waals surface area contributed by atoms with Crippen molar-refractivity contribution >= 4 is 0 Å². The van der Waals surface area contributed by atoms with Gasteiger partial charge in [-0.05, 0) is 42.2 Å². The minimum Gasteiger partial charge on any atom is -0.389 e. The van der Waals surface area contributed by atoms with Gasteiger partial charge >= 0.3 is 0 Å². The van der Waals surface area contributed by atoms with Crippen LogP contribution < -0.4 is 5.32 Å². The lowest BCUT2D eigenvalue weighted by Crippen LogP contribution is -2.49. The van der Waals surface area contributed by atoms with Crippen LogP contribution in [-0.4, -0.2) is 37.5 Å². The average molecular weight is 275 g/mol. The molecular formula is C17H25NO2. The van der Waals surface area contributed by atoms with Gasteiger partial charge in [-0.3, -0.25) is 0 Å². The normalized spacial score (nSPS) is 29.8. The van der Waals surface area contributed by atoms with Crippen molar-refractivity contribution < 1.29 is 9.84 Å². The smallest absolute Gasteiger partial charge is 0.0897 e. The van der Waals surface area contributed by atoms with Crippen molar-refractivity contribution in [3.8, 4) is 0 Å². The van der Waals surface area contributed by atoms with Crippen LogP contribution >= 0.6 is 0 Å². The SMILES string of the molecule is COC[C@H](O)CN[C@H]1[C@H]2CCC[C@H]1c1ccccc1C2. The highest BCUT2D eigenvalue weighted by molar-refractivity contribution is 5.36. The molecule has 2 aliphatic carbocycles. The van der Waals surface area contributed by atoms with Gasteiger partial charge in [0.25, 0.3) is 0 Å². The fourth-order valence-corrected chi connectivity index (χ4v) is 4.06. The third kappa shape index (κ3) is 2.76. The Morgan fingerprint density at radius 3 is 3.05 bits per heavy atom. The second-order valence-electron chi connectivity index (χ2n) is 6.24. The molecule has 1 saturated carbocycles. The Kier molecular flexibility index (Phi) is 4.39. The summed E-state index contributed by atoms with van der Waals surface area (Å²) in [6, 6.07) is 9.42. The standard InChI is InChI=1S/C17H25NO2/c1-20-11-14(19)10-18-17-13-6-4-8-16(17)15-7-3-2-5-12(15)9-13/h2-3,5,7,13-14,16-19H,4,6,8-11H2,1H3/t13-,14+,16-,17-/m0/s1. The first-order valence-electron chi connectivity index (χ1n) is 7.77. The number of nitrogens with one attached hydrogen (secondary N) is 1. The first-order valence-corrected chi connectivity index (χ1v) is 7.77. The fraction of sp³-hybridized carbons (Fsp3) is 0.647. The number of hydrogen-bond donors (Lipinski definition) is 2. The average Bonchev–Trinajstić information content (AvgIpc) is 2.45. The first kappa shape index (κ1) is 14.1. The molecule has 0 aliphatic heterocycles. The van der Waals surface area contributed by atoms with E-state index in [4.69, 9.17) is 4.74 Å². The predicted octanol–water partition coefficient (Wildman–Crippen LogP) is 2.09. The van der Waals surface area contributed by atoms with Crippen LogP contribution in [0.4, 0.5) is 0 Å². The third-order valence-corrected chi connectivity index (χ3v) is 4.92. The Hall–Kier alpha value is -0.900. The zero-order chi connectivity index (χ0) is 13.9. The molecule has 0 aromatic heterocycles. The Morgan fingerprint density at radius 2 is 2.20 bits per heavy atom. The van der Waals surface area contributed by atoms with Gasteiger partial charge in [0.05, 0.1) is 12.7 Å². The number of benzene rings is 1. The summed E-state index contributed by atoms with van der Waals surface area (Å²) >= 11 is 0. The molecule has 0 heterocycles. The van der Waals surface area contributed by atoms with E-state index < -0.39 is 6.10 Å². The lowest BCUT2D eigenvalue weighted by atomic mass is 9.66. The second kappa shape index (κ2) is 6.25. The van der Waals surface area contributed by atoms with Crippen molar-refractivity contribution in [3.05, 3.63) is 35.4 Å².